The van der Waals surface area contributed by atoms with Gasteiger partial charge in [-0.3, -0.25) is 9.59 Å². The standard InChI is InChI=1S/C23H24F4N2O3S/c1-22(2,18-12-32-21(29-18)14-6-8-15(24)9-7-14)13-28-19(30)5-3-4-16-10-11-17(33-16)20(31)23(25,26)27/h6-11,18H,3-5,12-13H2,1-2H3,(H,28,30). The van der Waals surface area contributed by atoms with Crippen LogP contribution in [0, 0.1) is 11.2 Å². The Hall–Kier alpha value is -2.75. The molecule has 1 atom stereocenters. The predicted octanol–water partition coefficient (Wildman–Crippen LogP) is 4.94. The number of ether oxygens (including phenoxy) is 1. The van der Waals surface area contributed by atoms with Gasteiger partial charge in [-0.05, 0) is 49.2 Å². The first kappa shape index (κ1) is 24.9. The highest BCUT2D eigenvalue weighted by Gasteiger charge is 2.40. The van der Waals surface area contributed by atoms with Gasteiger partial charge in [-0.2, -0.15) is 13.2 Å². The first-order valence-corrected chi connectivity index (χ1v) is 11.2. The molecule has 1 amide bonds. The molecule has 33 heavy (non-hydrogen) atoms. The average molecular weight is 485 g/mol. The van der Waals surface area contributed by atoms with E-state index < -0.39 is 17.4 Å². The molecule has 0 fully saturated rings. The lowest BCUT2D eigenvalue weighted by Crippen LogP contribution is -2.41. The first-order chi connectivity index (χ1) is 15.5. The van der Waals surface area contributed by atoms with Crippen molar-refractivity contribution >= 4 is 28.9 Å². The van der Waals surface area contributed by atoms with Gasteiger partial charge in [0.2, 0.25) is 11.8 Å². The summed E-state index contributed by atoms with van der Waals surface area (Å²) in [5.74, 6) is -1.92. The molecule has 1 aliphatic rings. The van der Waals surface area contributed by atoms with Crippen LogP contribution in [-0.4, -0.2) is 43.0 Å². The van der Waals surface area contributed by atoms with Crippen LogP contribution < -0.4 is 5.32 Å². The van der Waals surface area contributed by atoms with Crippen molar-refractivity contribution in [3.8, 4) is 0 Å². The fraction of sp³-hybridized carbons (Fsp3) is 0.435. The Kier molecular flexibility index (Phi) is 7.56. The molecule has 1 aliphatic heterocycles. The zero-order valence-corrected chi connectivity index (χ0v) is 19.0. The highest BCUT2D eigenvalue weighted by atomic mass is 32.1. The van der Waals surface area contributed by atoms with Crippen molar-refractivity contribution in [1.82, 2.24) is 5.32 Å². The largest absolute Gasteiger partial charge is 0.475 e. The van der Waals surface area contributed by atoms with Crippen molar-refractivity contribution in [3.63, 3.8) is 0 Å². The second kappa shape index (κ2) is 10.0. The highest BCUT2D eigenvalue weighted by Crippen LogP contribution is 2.29. The molecule has 0 aliphatic carbocycles. The highest BCUT2D eigenvalue weighted by molar-refractivity contribution is 7.14. The average Bonchev–Trinajstić information content (AvgIpc) is 3.42. The molecule has 5 nitrogen and oxygen atoms in total. The summed E-state index contributed by atoms with van der Waals surface area (Å²) in [5, 5.41) is 2.88. The molecule has 3 rings (SSSR count). The molecule has 0 spiro atoms. The molecule has 0 bridgehead atoms. The lowest BCUT2D eigenvalue weighted by atomic mass is 9.85. The third kappa shape index (κ3) is 6.63. The van der Waals surface area contributed by atoms with Crippen LogP contribution in [0.1, 0.15) is 46.8 Å². The van der Waals surface area contributed by atoms with Crippen LogP contribution in [0.3, 0.4) is 0 Å². The van der Waals surface area contributed by atoms with Crippen LogP contribution in [0.4, 0.5) is 17.6 Å². The number of alkyl halides is 3. The number of Topliss-reactive ketones (excluding diaryl/α,β-unsaturated/α-hetero) is 1. The van der Waals surface area contributed by atoms with E-state index in [4.69, 9.17) is 4.74 Å². The zero-order chi connectivity index (χ0) is 24.2. The van der Waals surface area contributed by atoms with Gasteiger partial charge in [0.25, 0.3) is 5.78 Å². The van der Waals surface area contributed by atoms with Gasteiger partial charge >= 0.3 is 6.18 Å². The number of thiophene rings is 1. The number of hydrogen-bond donors (Lipinski definition) is 1. The van der Waals surface area contributed by atoms with Crippen LogP contribution in [0.2, 0.25) is 0 Å². The zero-order valence-electron chi connectivity index (χ0n) is 18.2. The van der Waals surface area contributed by atoms with Gasteiger partial charge < -0.3 is 10.1 Å². The number of aryl methyl sites for hydroxylation is 1. The Labute approximate surface area is 192 Å². The number of nitrogens with one attached hydrogen (secondary N) is 1. The monoisotopic (exact) mass is 484 g/mol. The number of halogens is 4. The molecule has 1 aromatic carbocycles. The fourth-order valence-electron chi connectivity index (χ4n) is 3.25. The summed E-state index contributed by atoms with van der Waals surface area (Å²) in [6, 6.07) is 8.34. The van der Waals surface area contributed by atoms with Crippen molar-refractivity contribution in [2.75, 3.05) is 13.2 Å². The number of hydrogen-bond acceptors (Lipinski definition) is 5. The van der Waals surface area contributed by atoms with E-state index in [9.17, 15) is 27.2 Å². The lowest BCUT2D eigenvalue weighted by Gasteiger charge is -2.28. The Balaban J connectivity index is 1.44. The molecule has 0 saturated heterocycles. The Morgan fingerprint density at radius 1 is 1.15 bits per heavy atom. The smallest absolute Gasteiger partial charge is 0.455 e. The maximum atomic E-state index is 13.1. The summed E-state index contributed by atoms with van der Waals surface area (Å²) in [6.45, 7) is 4.64. The van der Waals surface area contributed by atoms with Crippen molar-refractivity contribution in [3.05, 3.63) is 57.5 Å². The van der Waals surface area contributed by atoms with Crippen LogP contribution in [0.5, 0.6) is 0 Å². The minimum absolute atomic E-state index is 0.173. The van der Waals surface area contributed by atoms with E-state index in [-0.39, 0.29) is 29.1 Å². The Morgan fingerprint density at radius 2 is 1.85 bits per heavy atom. The second-order valence-electron chi connectivity index (χ2n) is 8.48. The molecule has 2 aromatic rings. The number of aliphatic imine (C=N–C) groups is 1. The van der Waals surface area contributed by atoms with E-state index in [2.05, 4.69) is 10.3 Å². The predicted molar refractivity (Wildman–Crippen MR) is 117 cm³/mol. The molecule has 10 heteroatoms. The maximum Gasteiger partial charge on any atom is 0.455 e. The molecule has 178 valence electrons. The van der Waals surface area contributed by atoms with E-state index in [1.807, 2.05) is 13.8 Å². The molecule has 1 aromatic heterocycles. The minimum Gasteiger partial charge on any atom is -0.475 e. The van der Waals surface area contributed by atoms with Crippen LogP contribution in [-0.2, 0) is 16.0 Å². The van der Waals surface area contributed by atoms with Gasteiger partial charge in [0, 0.05) is 28.8 Å². The van der Waals surface area contributed by atoms with E-state index in [0.717, 1.165) is 11.3 Å². The molecular formula is C23H24F4N2O3S. The van der Waals surface area contributed by atoms with Crippen molar-refractivity contribution in [2.24, 2.45) is 10.4 Å². The van der Waals surface area contributed by atoms with E-state index >= 15 is 0 Å². The van der Waals surface area contributed by atoms with Gasteiger partial charge in [0.15, 0.2) is 0 Å². The van der Waals surface area contributed by atoms with Gasteiger partial charge in [0.1, 0.15) is 12.4 Å². The van der Waals surface area contributed by atoms with E-state index in [1.165, 1.54) is 24.3 Å². The lowest BCUT2D eigenvalue weighted by molar-refractivity contribution is -0.121. The number of carbonyl (C=O) groups is 2. The first-order valence-electron chi connectivity index (χ1n) is 10.4. The van der Waals surface area contributed by atoms with Crippen LogP contribution >= 0.6 is 11.3 Å². The van der Waals surface area contributed by atoms with Gasteiger partial charge in [-0.1, -0.05) is 13.8 Å². The molecule has 1 N–H and O–H groups in total. The molecule has 0 radical (unpaired) electrons. The van der Waals surface area contributed by atoms with Crippen molar-refractivity contribution in [2.45, 2.75) is 45.3 Å². The third-order valence-corrected chi connectivity index (χ3v) is 6.50. The van der Waals surface area contributed by atoms with E-state index in [1.54, 1.807) is 12.1 Å². The summed E-state index contributed by atoms with van der Waals surface area (Å²) in [4.78, 5) is 28.4. The molecule has 1 unspecified atom stereocenters. The number of amides is 1. The number of ketones is 1. The quantitative estimate of drug-likeness (QED) is 0.405. The van der Waals surface area contributed by atoms with Crippen molar-refractivity contribution in [1.29, 1.82) is 0 Å². The maximum absolute atomic E-state index is 13.1. The van der Waals surface area contributed by atoms with Gasteiger partial charge in [-0.15, -0.1) is 11.3 Å². The SMILES string of the molecule is CC(C)(CNC(=O)CCCc1ccc(C(=O)C(F)(F)F)s1)C1COC(c2ccc(F)cc2)=N1. The normalized spacial score (nSPS) is 16.3. The third-order valence-electron chi connectivity index (χ3n) is 5.36. The summed E-state index contributed by atoms with van der Waals surface area (Å²) < 4.78 is 56.2. The molecular weight excluding hydrogens is 460 g/mol. The second-order valence-corrected chi connectivity index (χ2v) is 9.65. The number of benzene rings is 1. The van der Waals surface area contributed by atoms with Crippen LogP contribution in [0.15, 0.2) is 41.4 Å². The fourth-order valence-corrected chi connectivity index (χ4v) is 4.26. The summed E-state index contributed by atoms with van der Waals surface area (Å²) in [6.07, 6.45) is -3.81. The number of nitrogens with zero attached hydrogens (tertiary/aromatic N) is 1. The molecule has 2 heterocycles. The summed E-state index contributed by atoms with van der Waals surface area (Å²) in [7, 11) is 0. The Bertz CT molecular complexity index is 1030. The van der Waals surface area contributed by atoms with Crippen molar-refractivity contribution < 1.29 is 31.9 Å². The molecule has 0 saturated carbocycles. The van der Waals surface area contributed by atoms with E-state index in [0.29, 0.717) is 42.3 Å². The minimum atomic E-state index is -4.89. The number of rotatable bonds is 9. The Morgan fingerprint density at radius 3 is 2.52 bits per heavy atom. The van der Waals surface area contributed by atoms with Gasteiger partial charge in [-0.25, -0.2) is 9.38 Å². The van der Waals surface area contributed by atoms with Crippen LogP contribution in [0.25, 0.3) is 0 Å². The van der Waals surface area contributed by atoms with Gasteiger partial charge in [0.05, 0.1) is 10.9 Å². The summed E-state index contributed by atoms with van der Waals surface area (Å²) in [5.41, 5.74) is 0.297. The summed E-state index contributed by atoms with van der Waals surface area (Å²) >= 11 is 0.802. The number of carbonyl (C=O) groups excluding carboxylic acids is 2. The topological polar surface area (TPSA) is 67.8 Å².